The number of hydrogen-bond acceptors (Lipinski definition) is 11. The highest BCUT2D eigenvalue weighted by Crippen LogP contribution is 2.29. The van der Waals surface area contributed by atoms with Gasteiger partial charge >= 0.3 is 11.9 Å². The van der Waals surface area contributed by atoms with E-state index in [1.165, 1.54) is 18.2 Å². The Hall–Kier alpha value is -4.92. The number of carbonyl (C=O) groups is 6. The summed E-state index contributed by atoms with van der Waals surface area (Å²) in [6.07, 6.45) is 2.90. The number of carbonyl (C=O) groups excluding carboxylic acids is 6. The number of hydroxylamine groups is 1. The number of furan rings is 1. The third-order valence-corrected chi connectivity index (χ3v) is 7.37. The van der Waals surface area contributed by atoms with Gasteiger partial charge in [-0.1, -0.05) is 39.2 Å². The van der Waals surface area contributed by atoms with Gasteiger partial charge in [-0.3, -0.25) is 29.2 Å². The van der Waals surface area contributed by atoms with E-state index in [0.29, 0.717) is 18.4 Å². The van der Waals surface area contributed by atoms with Crippen molar-refractivity contribution in [2.75, 3.05) is 27.5 Å². The first-order valence-corrected chi connectivity index (χ1v) is 15.4. The third kappa shape index (κ3) is 11.1. The van der Waals surface area contributed by atoms with Crippen LogP contribution in [0.15, 0.2) is 34.7 Å². The minimum atomic E-state index is -1.29. The molecule has 258 valence electrons. The van der Waals surface area contributed by atoms with E-state index in [1.54, 1.807) is 31.5 Å². The van der Waals surface area contributed by atoms with Crippen LogP contribution < -0.4 is 26.2 Å². The van der Waals surface area contributed by atoms with Crippen LogP contribution in [0.3, 0.4) is 0 Å². The summed E-state index contributed by atoms with van der Waals surface area (Å²) < 4.78 is 20.6. The molecule has 4 amide bonds. The van der Waals surface area contributed by atoms with E-state index >= 15 is 0 Å². The van der Waals surface area contributed by atoms with E-state index in [2.05, 4.69) is 25.4 Å². The van der Waals surface area contributed by atoms with Crippen LogP contribution in [-0.4, -0.2) is 74.3 Å². The summed E-state index contributed by atoms with van der Waals surface area (Å²) in [5.74, 6) is -4.95. The van der Waals surface area contributed by atoms with Gasteiger partial charge in [-0.25, -0.2) is 10.3 Å². The lowest BCUT2D eigenvalue weighted by Gasteiger charge is -2.24. The molecule has 0 spiro atoms. The predicted molar refractivity (Wildman–Crippen MR) is 167 cm³/mol. The highest BCUT2D eigenvalue weighted by Gasteiger charge is 2.32. The zero-order chi connectivity index (χ0) is 34.9. The Labute approximate surface area is 273 Å². The van der Waals surface area contributed by atoms with Crippen LogP contribution in [-0.2, 0) is 28.7 Å². The van der Waals surface area contributed by atoms with Crippen LogP contribution in [0.1, 0.15) is 80.2 Å². The average molecular weight is 661 g/mol. The SMILES string of the molecule is CCCCC[C@@H](C(=O)NCNC(=O)c1ccc(-c2ccc(C(=O)N[C@@H](CC(=O)OC)C(=O)OC)c(OCC)c2)o1)[C@@H](CC)C(=O)NO. The maximum absolute atomic E-state index is 13.1. The number of rotatable bonds is 19. The van der Waals surface area contributed by atoms with Crippen molar-refractivity contribution in [1.29, 1.82) is 0 Å². The molecule has 1 aromatic carbocycles. The summed E-state index contributed by atoms with van der Waals surface area (Å²) in [4.78, 5) is 74.8. The van der Waals surface area contributed by atoms with Crippen molar-refractivity contribution in [3.05, 3.63) is 41.7 Å². The first kappa shape index (κ1) is 38.3. The Balaban J connectivity index is 2.13. The van der Waals surface area contributed by atoms with E-state index in [4.69, 9.17) is 14.4 Å². The molecular formula is C32H44N4O11. The molecule has 0 aliphatic carbocycles. The first-order chi connectivity index (χ1) is 22.5. The van der Waals surface area contributed by atoms with E-state index < -0.39 is 59.9 Å². The van der Waals surface area contributed by atoms with Gasteiger partial charge in [0, 0.05) is 11.5 Å². The fourth-order valence-corrected chi connectivity index (χ4v) is 4.87. The normalized spacial score (nSPS) is 12.6. The monoisotopic (exact) mass is 660 g/mol. The summed E-state index contributed by atoms with van der Waals surface area (Å²) in [6.45, 7) is 5.47. The van der Waals surface area contributed by atoms with Crippen LogP contribution in [0.2, 0.25) is 0 Å². The van der Waals surface area contributed by atoms with E-state index in [1.807, 2.05) is 6.92 Å². The summed E-state index contributed by atoms with van der Waals surface area (Å²) >= 11 is 0. The molecule has 0 saturated carbocycles. The van der Waals surface area contributed by atoms with Gasteiger partial charge in [0.25, 0.3) is 11.8 Å². The summed E-state index contributed by atoms with van der Waals surface area (Å²) in [6, 6.07) is 6.22. The molecule has 0 bridgehead atoms. The number of ether oxygens (including phenoxy) is 3. The molecule has 15 heteroatoms. The van der Waals surface area contributed by atoms with Crippen molar-refractivity contribution in [2.24, 2.45) is 11.8 Å². The number of esters is 2. The Bertz CT molecular complexity index is 1390. The van der Waals surface area contributed by atoms with Crippen LogP contribution in [0, 0.1) is 11.8 Å². The first-order valence-electron chi connectivity index (χ1n) is 15.4. The number of methoxy groups -OCH3 is 2. The van der Waals surface area contributed by atoms with Crippen LogP contribution >= 0.6 is 0 Å². The zero-order valence-electron chi connectivity index (χ0n) is 27.3. The van der Waals surface area contributed by atoms with Crippen LogP contribution in [0.25, 0.3) is 11.3 Å². The van der Waals surface area contributed by atoms with Gasteiger partial charge in [-0.05, 0) is 44.0 Å². The number of unbranched alkanes of at least 4 members (excludes halogenated alkanes) is 2. The van der Waals surface area contributed by atoms with Gasteiger partial charge in [0.05, 0.1) is 45.4 Å². The summed E-state index contributed by atoms with van der Waals surface area (Å²) in [7, 11) is 2.28. The fraction of sp³-hybridized carbons (Fsp3) is 0.500. The predicted octanol–water partition coefficient (Wildman–Crippen LogP) is 2.71. The zero-order valence-corrected chi connectivity index (χ0v) is 27.3. The highest BCUT2D eigenvalue weighted by atomic mass is 16.5. The van der Waals surface area contributed by atoms with Crippen molar-refractivity contribution in [1.82, 2.24) is 21.4 Å². The molecule has 5 N–H and O–H groups in total. The van der Waals surface area contributed by atoms with E-state index in [0.717, 1.165) is 33.5 Å². The minimum Gasteiger partial charge on any atom is -0.493 e. The molecule has 1 heterocycles. The molecule has 3 atom stereocenters. The number of amides is 4. The Morgan fingerprint density at radius 2 is 1.62 bits per heavy atom. The van der Waals surface area contributed by atoms with Gasteiger partial charge in [-0.15, -0.1) is 0 Å². The minimum absolute atomic E-state index is 0.0525. The number of hydrogen-bond donors (Lipinski definition) is 5. The molecular weight excluding hydrogens is 616 g/mol. The standard InChI is InChI=1S/C32H44N4O11/c1-6-9-10-11-21(20(7-2)30(40)36-43)28(38)33-18-34-31(41)25-15-14-24(47-25)19-12-13-22(26(16-19)46-8-3)29(39)35-23(32(42)45-5)17-27(37)44-4/h12-16,20-21,23,43H,6-11,17-18H2,1-5H3,(H,33,38)(H,34,41)(H,35,39)(H,36,40)/t20-,21-,23+/m1/s1. The van der Waals surface area contributed by atoms with Crippen molar-refractivity contribution in [2.45, 2.75) is 65.3 Å². The van der Waals surface area contributed by atoms with Gasteiger partial charge in [-0.2, -0.15) is 0 Å². The molecule has 2 rings (SSSR count). The quantitative estimate of drug-likeness (QED) is 0.0486. The molecule has 15 nitrogen and oxygen atoms in total. The molecule has 47 heavy (non-hydrogen) atoms. The highest BCUT2D eigenvalue weighted by molar-refractivity contribution is 6.00. The van der Waals surface area contributed by atoms with Gasteiger partial charge in [0.1, 0.15) is 17.6 Å². The van der Waals surface area contributed by atoms with Crippen molar-refractivity contribution in [3.8, 4) is 17.1 Å². The Morgan fingerprint density at radius 3 is 2.23 bits per heavy atom. The molecule has 2 aromatic rings. The van der Waals surface area contributed by atoms with Gasteiger partial charge < -0.3 is 34.6 Å². The molecule has 0 aliphatic rings. The number of benzene rings is 1. The second-order valence-electron chi connectivity index (χ2n) is 10.5. The largest absolute Gasteiger partial charge is 0.493 e. The lowest BCUT2D eigenvalue weighted by atomic mass is 9.84. The summed E-state index contributed by atoms with van der Waals surface area (Å²) in [5.41, 5.74) is 2.18. The van der Waals surface area contributed by atoms with Crippen LogP contribution in [0.5, 0.6) is 5.75 Å². The Morgan fingerprint density at radius 1 is 0.872 bits per heavy atom. The molecule has 0 saturated heterocycles. The van der Waals surface area contributed by atoms with Crippen molar-refractivity contribution >= 4 is 35.6 Å². The molecule has 0 aliphatic heterocycles. The smallest absolute Gasteiger partial charge is 0.328 e. The lowest BCUT2D eigenvalue weighted by molar-refractivity contribution is -0.149. The fourth-order valence-electron chi connectivity index (χ4n) is 4.87. The van der Waals surface area contributed by atoms with Gasteiger partial charge in [0.2, 0.25) is 11.8 Å². The maximum Gasteiger partial charge on any atom is 0.328 e. The number of nitrogens with one attached hydrogen (secondary N) is 4. The van der Waals surface area contributed by atoms with Crippen molar-refractivity contribution in [3.63, 3.8) is 0 Å². The second kappa shape index (κ2) is 19.6. The maximum atomic E-state index is 13.1. The Kier molecular flexibility index (Phi) is 15.9. The molecule has 1 aromatic heterocycles. The topological polar surface area (TPSA) is 212 Å². The van der Waals surface area contributed by atoms with E-state index in [-0.39, 0.29) is 36.1 Å². The summed E-state index contributed by atoms with van der Waals surface area (Å²) in [5, 5.41) is 16.8. The lowest BCUT2D eigenvalue weighted by Crippen LogP contribution is -2.44. The van der Waals surface area contributed by atoms with Crippen molar-refractivity contribution < 1.29 is 52.6 Å². The van der Waals surface area contributed by atoms with Crippen LogP contribution in [0.4, 0.5) is 0 Å². The van der Waals surface area contributed by atoms with Gasteiger partial charge in [0.15, 0.2) is 5.76 Å². The molecule has 0 fully saturated rings. The molecule has 0 unspecified atom stereocenters. The second-order valence-corrected chi connectivity index (χ2v) is 10.5. The third-order valence-electron chi connectivity index (χ3n) is 7.37. The van der Waals surface area contributed by atoms with E-state index in [9.17, 15) is 28.8 Å². The molecule has 0 radical (unpaired) electrons. The average Bonchev–Trinajstić information content (AvgIpc) is 3.57.